The highest BCUT2D eigenvalue weighted by Crippen LogP contribution is 2.22. The molecule has 1 fully saturated rings. The van der Waals surface area contributed by atoms with Crippen LogP contribution in [-0.2, 0) is 9.53 Å². The second-order valence-corrected chi connectivity index (χ2v) is 5.65. The van der Waals surface area contributed by atoms with Crippen LogP contribution in [0.15, 0.2) is 23.0 Å². The number of fused-ring (bicyclic) bond motifs is 1. The van der Waals surface area contributed by atoms with E-state index in [9.17, 15) is 14.4 Å². The topological polar surface area (TPSA) is 95.3 Å². The van der Waals surface area contributed by atoms with E-state index < -0.39 is 0 Å². The van der Waals surface area contributed by atoms with Gasteiger partial charge in [-0.2, -0.15) is 0 Å². The number of benzene rings is 1. The molecule has 0 radical (unpaired) electrons. The summed E-state index contributed by atoms with van der Waals surface area (Å²) in [6, 6.07) is 5.15. The molecule has 122 valence electrons. The maximum atomic E-state index is 12.8. The number of carbonyl (C=O) groups is 2. The van der Waals surface area contributed by atoms with Gasteiger partial charge < -0.3 is 19.6 Å². The van der Waals surface area contributed by atoms with Gasteiger partial charge in [-0.05, 0) is 31.9 Å². The van der Waals surface area contributed by atoms with Crippen molar-refractivity contribution in [1.29, 1.82) is 0 Å². The fourth-order valence-corrected chi connectivity index (χ4v) is 3.02. The van der Waals surface area contributed by atoms with E-state index in [-0.39, 0.29) is 23.5 Å². The van der Waals surface area contributed by atoms with Gasteiger partial charge in [-0.15, -0.1) is 0 Å². The Morgan fingerprint density at radius 2 is 2.17 bits per heavy atom. The third-order valence-corrected chi connectivity index (χ3v) is 4.11. The van der Waals surface area contributed by atoms with Crippen molar-refractivity contribution in [1.82, 2.24) is 14.9 Å². The minimum Gasteiger partial charge on any atom is -0.466 e. The number of esters is 1. The summed E-state index contributed by atoms with van der Waals surface area (Å²) >= 11 is 0. The van der Waals surface area contributed by atoms with Crippen LogP contribution in [0.5, 0.6) is 0 Å². The highest BCUT2D eigenvalue weighted by atomic mass is 16.5. The molecule has 7 heteroatoms. The van der Waals surface area contributed by atoms with Gasteiger partial charge in [0.15, 0.2) is 0 Å². The van der Waals surface area contributed by atoms with Crippen LogP contribution in [0.25, 0.3) is 11.0 Å². The third kappa shape index (κ3) is 2.99. The lowest BCUT2D eigenvalue weighted by atomic mass is 9.97. The average Bonchev–Trinajstić information content (AvgIpc) is 2.94. The van der Waals surface area contributed by atoms with E-state index in [1.165, 1.54) is 0 Å². The van der Waals surface area contributed by atoms with E-state index in [1.54, 1.807) is 30.0 Å². The molecular formula is C16H19N3O4. The van der Waals surface area contributed by atoms with Crippen molar-refractivity contribution >= 4 is 22.9 Å². The first kappa shape index (κ1) is 15.3. The average molecular weight is 317 g/mol. The number of para-hydroxylation sites is 1. The van der Waals surface area contributed by atoms with E-state index in [1.807, 2.05) is 0 Å². The molecule has 0 bridgehead atoms. The van der Waals surface area contributed by atoms with E-state index in [2.05, 4.69) is 9.97 Å². The fraction of sp³-hybridized carbons (Fsp3) is 0.438. The van der Waals surface area contributed by atoms with Crippen molar-refractivity contribution in [2.24, 2.45) is 5.92 Å². The minimum atomic E-state index is -0.344. The van der Waals surface area contributed by atoms with Crippen LogP contribution in [0.2, 0.25) is 0 Å². The monoisotopic (exact) mass is 317 g/mol. The van der Waals surface area contributed by atoms with E-state index in [0.717, 1.165) is 12.8 Å². The molecule has 2 heterocycles. The molecular weight excluding hydrogens is 298 g/mol. The van der Waals surface area contributed by atoms with Crippen molar-refractivity contribution in [3.8, 4) is 0 Å². The lowest BCUT2D eigenvalue weighted by Gasteiger charge is -2.31. The number of aromatic amines is 2. The fourth-order valence-electron chi connectivity index (χ4n) is 3.02. The van der Waals surface area contributed by atoms with Crippen LogP contribution in [0.4, 0.5) is 0 Å². The quantitative estimate of drug-likeness (QED) is 0.833. The highest BCUT2D eigenvalue weighted by Gasteiger charge is 2.30. The SMILES string of the molecule is CCOC(=O)C1CCCN(C(=O)c2cccc3[nH]c(=O)[nH]c23)C1. The van der Waals surface area contributed by atoms with Gasteiger partial charge in [0.1, 0.15) is 0 Å². The summed E-state index contributed by atoms with van der Waals surface area (Å²) in [7, 11) is 0. The Labute approximate surface area is 132 Å². The molecule has 1 aliphatic heterocycles. The van der Waals surface area contributed by atoms with Gasteiger partial charge in [0, 0.05) is 13.1 Å². The van der Waals surface area contributed by atoms with Crippen LogP contribution in [0.1, 0.15) is 30.1 Å². The Balaban J connectivity index is 1.84. The summed E-state index contributed by atoms with van der Waals surface area (Å²) in [6.07, 6.45) is 1.49. The lowest BCUT2D eigenvalue weighted by Crippen LogP contribution is -2.42. The molecule has 23 heavy (non-hydrogen) atoms. The zero-order valence-electron chi connectivity index (χ0n) is 12.9. The predicted octanol–water partition coefficient (Wildman–Crippen LogP) is 1.27. The summed E-state index contributed by atoms with van der Waals surface area (Å²) in [5, 5.41) is 0. The Morgan fingerprint density at radius 1 is 1.35 bits per heavy atom. The molecule has 0 spiro atoms. The number of nitrogens with one attached hydrogen (secondary N) is 2. The summed E-state index contributed by atoms with van der Waals surface area (Å²) < 4.78 is 5.06. The maximum absolute atomic E-state index is 12.8. The third-order valence-electron chi connectivity index (χ3n) is 4.11. The molecule has 2 N–H and O–H groups in total. The van der Waals surface area contributed by atoms with Gasteiger partial charge in [0.25, 0.3) is 5.91 Å². The van der Waals surface area contributed by atoms with Crippen LogP contribution < -0.4 is 5.69 Å². The van der Waals surface area contributed by atoms with E-state index in [4.69, 9.17) is 4.74 Å². The number of aromatic nitrogens is 2. The molecule has 1 amide bonds. The number of imidazole rings is 1. The molecule has 7 nitrogen and oxygen atoms in total. The van der Waals surface area contributed by atoms with E-state index >= 15 is 0 Å². The number of rotatable bonds is 3. The highest BCUT2D eigenvalue weighted by molar-refractivity contribution is 6.04. The molecule has 1 aliphatic rings. The first-order chi connectivity index (χ1) is 11.1. The Hall–Kier alpha value is -2.57. The normalized spacial score (nSPS) is 18.1. The smallest absolute Gasteiger partial charge is 0.323 e. The first-order valence-corrected chi connectivity index (χ1v) is 7.77. The molecule has 1 aromatic carbocycles. The molecule has 0 aliphatic carbocycles. The summed E-state index contributed by atoms with van der Waals surface area (Å²) in [6.45, 7) is 3.06. The summed E-state index contributed by atoms with van der Waals surface area (Å²) in [5.74, 6) is -0.713. The van der Waals surface area contributed by atoms with Crippen LogP contribution in [-0.4, -0.2) is 46.4 Å². The zero-order chi connectivity index (χ0) is 16.4. The number of H-pyrrole nitrogens is 2. The zero-order valence-corrected chi connectivity index (χ0v) is 12.9. The number of amides is 1. The molecule has 2 aromatic rings. The standard InChI is InChI=1S/C16H19N3O4/c1-2-23-15(21)10-5-4-8-19(9-10)14(20)11-6-3-7-12-13(11)18-16(22)17-12/h3,6-7,10H,2,4-5,8-9H2,1H3,(H2,17,18,22). The Morgan fingerprint density at radius 3 is 2.96 bits per heavy atom. The van der Waals surface area contributed by atoms with Crippen LogP contribution >= 0.6 is 0 Å². The number of ether oxygens (including phenoxy) is 1. The van der Waals surface area contributed by atoms with Crippen LogP contribution in [0, 0.1) is 5.92 Å². The largest absolute Gasteiger partial charge is 0.466 e. The second kappa shape index (κ2) is 6.28. The van der Waals surface area contributed by atoms with Crippen molar-refractivity contribution < 1.29 is 14.3 Å². The van der Waals surface area contributed by atoms with Gasteiger partial charge >= 0.3 is 11.7 Å². The lowest BCUT2D eigenvalue weighted by molar-refractivity contribution is -0.149. The molecule has 1 saturated heterocycles. The van der Waals surface area contributed by atoms with Crippen molar-refractivity contribution in [2.45, 2.75) is 19.8 Å². The summed E-state index contributed by atoms with van der Waals surface area (Å²) in [4.78, 5) is 43.1. The molecule has 1 aromatic heterocycles. The van der Waals surface area contributed by atoms with Crippen molar-refractivity contribution in [3.05, 3.63) is 34.2 Å². The minimum absolute atomic E-state index is 0.181. The number of hydrogen-bond acceptors (Lipinski definition) is 4. The number of piperidine rings is 1. The van der Waals surface area contributed by atoms with Crippen molar-refractivity contribution in [3.63, 3.8) is 0 Å². The molecule has 1 atom stereocenters. The van der Waals surface area contributed by atoms with Gasteiger partial charge in [-0.25, -0.2) is 4.79 Å². The molecule has 1 unspecified atom stereocenters. The van der Waals surface area contributed by atoms with Gasteiger partial charge in [-0.3, -0.25) is 9.59 Å². The number of carbonyl (C=O) groups excluding carboxylic acids is 2. The van der Waals surface area contributed by atoms with Gasteiger partial charge in [0.05, 0.1) is 29.1 Å². The predicted molar refractivity (Wildman–Crippen MR) is 84.2 cm³/mol. The molecule has 0 saturated carbocycles. The Kier molecular flexibility index (Phi) is 4.18. The number of likely N-dealkylation sites (tertiary alicyclic amines) is 1. The number of hydrogen-bond donors (Lipinski definition) is 2. The Bertz CT molecular complexity index is 792. The van der Waals surface area contributed by atoms with Crippen molar-refractivity contribution in [2.75, 3.05) is 19.7 Å². The van der Waals surface area contributed by atoms with Crippen LogP contribution in [0.3, 0.4) is 0 Å². The maximum Gasteiger partial charge on any atom is 0.323 e. The summed E-state index contributed by atoms with van der Waals surface area (Å²) in [5.41, 5.74) is 1.19. The second-order valence-electron chi connectivity index (χ2n) is 5.65. The van der Waals surface area contributed by atoms with Gasteiger partial charge in [0.2, 0.25) is 0 Å². The molecule has 3 rings (SSSR count). The van der Waals surface area contributed by atoms with Gasteiger partial charge in [-0.1, -0.05) is 6.07 Å². The van der Waals surface area contributed by atoms with E-state index in [0.29, 0.717) is 36.3 Å². The number of nitrogens with zero attached hydrogens (tertiary/aromatic N) is 1. The first-order valence-electron chi connectivity index (χ1n) is 7.77.